The van der Waals surface area contributed by atoms with E-state index in [1.165, 1.54) is 6.42 Å². The first-order valence-corrected chi connectivity index (χ1v) is 9.93. The molecule has 2 aliphatic heterocycles. The molecule has 28 heavy (non-hydrogen) atoms. The van der Waals surface area contributed by atoms with Crippen LogP contribution in [0.15, 0.2) is 36.4 Å². The normalized spacial score (nSPS) is 17.5. The Morgan fingerprint density at radius 1 is 0.893 bits per heavy atom. The van der Waals surface area contributed by atoms with Crippen molar-refractivity contribution in [3.63, 3.8) is 0 Å². The quantitative estimate of drug-likeness (QED) is 0.761. The molecule has 0 saturated carbocycles. The monoisotopic (exact) mass is 379 g/mol. The largest absolute Gasteiger partial charge is 0.353 e. The molecule has 1 aromatic carbocycles. The van der Waals surface area contributed by atoms with Crippen LogP contribution in [-0.2, 0) is 4.79 Å². The second-order valence-electron chi connectivity index (χ2n) is 7.28. The zero-order valence-corrected chi connectivity index (χ0v) is 16.0. The third-order valence-electron chi connectivity index (χ3n) is 5.39. The number of likely N-dealkylation sites (tertiary alicyclic amines) is 1. The van der Waals surface area contributed by atoms with Crippen molar-refractivity contribution in [1.29, 1.82) is 0 Å². The van der Waals surface area contributed by atoms with Crippen molar-refractivity contribution in [2.45, 2.75) is 19.3 Å². The molecule has 1 aromatic heterocycles. The van der Waals surface area contributed by atoms with Gasteiger partial charge in [0.25, 0.3) is 5.91 Å². The summed E-state index contributed by atoms with van der Waals surface area (Å²) < 4.78 is 0. The number of anilines is 1. The molecule has 0 radical (unpaired) electrons. The molecule has 4 rings (SSSR count). The third-order valence-corrected chi connectivity index (χ3v) is 5.39. The van der Waals surface area contributed by atoms with Crippen LogP contribution in [0.5, 0.6) is 0 Å². The fourth-order valence-corrected chi connectivity index (χ4v) is 3.74. The van der Waals surface area contributed by atoms with E-state index in [9.17, 15) is 9.59 Å². The van der Waals surface area contributed by atoms with Gasteiger partial charge in [-0.15, -0.1) is 0 Å². The molecule has 7 nitrogen and oxygen atoms in total. The van der Waals surface area contributed by atoms with E-state index in [0.717, 1.165) is 43.7 Å². The van der Waals surface area contributed by atoms with Crippen molar-refractivity contribution in [3.05, 3.63) is 42.1 Å². The number of piperazine rings is 1. The highest BCUT2D eigenvalue weighted by atomic mass is 16.2. The van der Waals surface area contributed by atoms with Gasteiger partial charge in [0.05, 0.1) is 0 Å². The van der Waals surface area contributed by atoms with Crippen LogP contribution in [0.3, 0.4) is 0 Å². The van der Waals surface area contributed by atoms with Gasteiger partial charge in [-0.1, -0.05) is 30.3 Å². The number of rotatable bonds is 4. The summed E-state index contributed by atoms with van der Waals surface area (Å²) in [5.41, 5.74) is 1.34. The highest BCUT2D eigenvalue weighted by Gasteiger charge is 2.24. The van der Waals surface area contributed by atoms with Gasteiger partial charge in [-0.3, -0.25) is 9.59 Å². The average Bonchev–Trinajstić information content (AvgIpc) is 2.79. The number of amides is 2. The Kier molecular flexibility index (Phi) is 5.50. The van der Waals surface area contributed by atoms with E-state index in [4.69, 9.17) is 4.98 Å². The van der Waals surface area contributed by atoms with Crippen LogP contribution in [0.4, 0.5) is 5.82 Å². The van der Waals surface area contributed by atoms with Crippen molar-refractivity contribution in [2.75, 3.05) is 44.2 Å². The second kappa shape index (κ2) is 8.37. The molecule has 0 N–H and O–H groups in total. The lowest BCUT2D eigenvalue weighted by Gasteiger charge is -2.33. The van der Waals surface area contributed by atoms with Gasteiger partial charge < -0.3 is 14.7 Å². The smallest absolute Gasteiger partial charge is 0.272 e. The summed E-state index contributed by atoms with van der Waals surface area (Å²) in [5, 5.41) is 0. The van der Waals surface area contributed by atoms with Crippen LogP contribution in [0.1, 0.15) is 29.8 Å². The maximum atomic E-state index is 13.1. The van der Waals surface area contributed by atoms with Gasteiger partial charge in [-0.05, 0) is 19.3 Å². The predicted octanol–water partition coefficient (Wildman–Crippen LogP) is 2.05. The van der Waals surface area contributed by atoms with E-state index in [1.807, 2.05) is 35.2 Å². The van der Waals surface area contributed by atoms with Crippen LogP contribution in [-0.4, -0.2) is 71.4 Å². The lowest BCUT2D eigenvalue weighted by atomic mass is 10.1. The molecule has 0 aliphatic carbocycles. The number of hydrogen-bond acceptors (Lipinski definition) is 5. The van der Waals surface area contributed by atoms with Crippen LogP contribution >= 0.6 is 0 Å². The van der Waals surface area contributed by atoms with E-state index in [2.05, 4.69) is 9.88 Å². The Balaban J connectivity index is 1.67. The molecule has 2 aliphatic rings. The van der Waals surface area contributed by atoms with Gasteiger partial charge in [0.15, 0.2) is 5.82 Å². The Hall–Kier alpha value is -2.96. The summed E-state index contributed by atoms with van der Waals surface area (Å²) >= 11 is 0. The number of hydrogen-bond donors (Lipinski definition) is 0. The topological polar surface area (TPSA) is 69.6 Å². The molecule has 3 heterocycles. The Labute approximate surface area is 165 Å². The van der Waals surface area contributed by atoms with E-state index >= 15 is 0 Å². The fourth-order valence-electron chi connectivity index (χ4n) is 3.74. The Bertz CT molecular complexity index is 828. The van der Waals surface area contributed by atoms with Crippen molar-refractivity contribution >= 4 is 18.1 Å². The standard InChI is InChI=1S/C21H25N5O2/c27-16-24-11-13-25(14-12-24)19-15-18(21(28)26-9-5-2-6-10-26)22-20(23-19)17-7-3-1-4-8-17/h1,3-4,7-8,15-16H,2,5-6,9-14H2. The first-order chi connectivity index (χ1) is 13.7. The summed E-state index contributed by atoms with van der Waals surface area (Å²) in [6.07, 6.45) is 4.15. The molecule has 2 fully saturated rings. The highest BCUT2D eigenvalue weighted by molar-refractivity contribution is 5.93. The van der Waals surface area contributed by atoms with Gasteiger partial charge in [0, 0.05) is 50.9 Å². The van der Waals surface area contributed by atoms with Crippen LogP contribution in [0, 0.1) is 0 Å². The molecular formula is C21H25N5O2. The van der Waals surface area contributed by atoms with E-state index < -0.39 is 0 Å². The molecule has 7 heteroatoms. The molecule has 0 bridgehead atoms. The molecule has 146 valence electrons. The molecule has 0 atom stereocenters. The number of benzene rings is 1. The van der Waals surface area contributed by atoms with Crippen molar-refractivity contribution in [1.82, 2.24) is 19.8 Å². The van der Waals surface area contributed by atoms with Gasteiger partial charge in [-0.2, -0.15) is 0 Å². The van der Waals surface area contributed by atoms with Crippen LogP contribution < -0.4 is 4.90 Å². The molecule has 2 amide bonds. The van der Waals surface area contributed by atoms with Gasteiger partial charge in [0.1, 0.15) is 11.5 Å². The fraction of sp³-hybridized carbons (Fsp3) is 0.429. The van der Waals surface area contributed by atoms with Crippen molar-refractivity contribution < 1.29 is 9.59 Å². The summed E-state index contributed by atoms with van der Waals surface area (Å²) in [6, 6.07) is 11.6. The first-order valence-electron chi connectivity index (χ1n) is 9.93. The number of aromatic nitrogens is 2. The maximum Gasteiger partial charge on any atom is 0.272 e. The van der Waals surface area contributed by atoms with Crippen LogP contribution in [0.2, 0.25) is 0 Å². The Morgan fingerprint density at radius 3 is 2.29 bits per heavy atom. The van der Waals surface area contributed by atoms with E-state index in [-0.39, 0.29) is 5.91 Å². The third kappa shape index (κ3) is 3.98. The maximum absolute atomic E-state index is 13.1. The number of carbonyl (C=O) groups is 2. The summed E-state index contributed by atoms with van der Waals surface area (Å²) in [7, 11) is 0. The number of carbonyl (C=O) groups excluding carboxylic acids is 2. The zero-order valence-electron chi connectivity index (χ0n) is 16.0. The lowest BCUT2D eigenvalue weighted by molar-refractivity contribution is -0.118. The Morgan fingerprint density at radius 2 is 1.61 bits per heavy atom. The van der Waals surface area contributed by atoms with Crippen molar-refractivity contribution in [2.24, 2.45) is 0 Å². The minimum atomic E-state index is -0.0212. The summed E-state index contributed by atoms with van der Waals surface area (Å²) in [4.78, 5) is 39.2. The van der Waals surface area contributed by atoms with E-state index in [1.54, 1.807) is 11.0 Å². The number of nitrogens with zero attached hydrogens (tertiary/aromatic N) is 5. The molecule has 2 saturated heterocycles. The molecule has 0 unspecified atom stereocenters. The van der Waals surface area contributed by atoms with Gasteiger partial charge in [0.2, 0.25) is 6.41 Å². The van der Waals surface area contributed by atoms with E-state index in [0.29, 0.717) is 37.7 Å². The summed E-state index contributed by atoms with van der Waals surface area (Å²) in [6.45, 7) is 4.28. The van der Waals surface area contributed by atoms with Crippen LogP contribution in [0.25, 0.3) is 11.4 Å². The first kappa shape index (κ1) is 18.4. The minimum Gasteiger partial charge on any atom is -0.353 e. The van der Waals surface area contributed by atoms with Crippen molar-refractivity contribution in [3.8, 4) is 11.4 Å². The van der Waals surface area contributed by atoms with Gasteiger partial charge >= 0.3 is 0 Å². The average molecular weight is 379 g/mol. The highest BCUT2D eigenvalue weighted by Crippen LogP contribution is 2.23. The van der Waals surface area contributed by atoms with Gasteiger partial charge in [-0.25, -0.2) is 9.97 Å². The lowest BCUT2D eigenvalue weighted by Crippen LogP contribution is -2.46. The molecular weight excluding hydrogens is 354 g/mol. The minimum absolute atomic E-state index is 0.0212. The number of piperidine rings is 1. The predicted molar refractivity (Wildman–Crippen MR) is 107 cm³/mol. The zero-order chi connectivity index (χ0) is 19.3. The molecule has 0 spiro atoms. The SMILES string of the molecule is O=CN1CCN(c2cc(C(=O)N3CCCCC3)nc(-c3ccccc3)n2)CC1. The molecule has 2 aromatic rings. The second-order valence-corrected chi connectivity index (χ2v) is 7.28. The summed E-state index contributed by atoms with van der Waals surface area (Å²) in [5.74, 6) is 1.29.